The molecule has 1 aromatic carbocycles. The molecule has 0 fully saturated rings. The van der Waals surface area contributed by atoms with Crippen LogP contribution in [0.1, 0.15) is 15.9 Å². The molecule has 0 aliphatic rings. The second-order valence-electron chi connectivity index (χ2n) is 2.77. The third-order valence-electron chi connectivity index (χ3n) is 1.68. The summed E-state index contributed by atoms with van der Waals surface area (Å²) in [6.45, 7) is 1.62. The van der Waals surface area contributed by atoms with Crippen LogP contribution in [0.4, 0.5) is 4.79 Å². The van der Waals surface area contributed by atoms with E-state index in [0.29, 0.717) is 5.56 Å². The van der Waals surface area contributed by atoms with E-state index in [1.165, 1.54) is 6.07 Å². The van der Waals surface area contributed by atoms with Crippen molar-refractivity contribution in [2.24, 2.45) is 0 Å². The van der Waals surface area contributed by atoms with E-state index < -0.39 is 12.1 Å². The van der Waals surface area contributed by atoms with Gasteiger partial charge in [-0.25, -0.2) is 9.59 Å². The minimum absolute atomic E-state index is 0.00704. The number of aryl methyl sites for hydroxylation is 1. The average molecular weight is 211 g/mol. The van der Waals surface area contributed by atoms with Crippen LogP contribution in [-0.4, -0.2) is 22.3 Å². The van der Waals surface area contributed by atoms with E-state index in [9.17, 15) is 9.59 Å². The Labute approximate surface area is 85.1 Å². The van der Waals surface area contributed by atoms with Crippen LogP contribution in [0, 0.1) is 6.92 Å². The third-order valence-corrected chi connectivity index (χ3v) is 1.68. The largest absolute Gasteiger partial charge is 0.478 e. The Morgan fingerprint density at radius 1 is 1.33 bits per heavy atom. The number of hydroxylamine groups is 1. The van der Waals surface area contributed by atoms with Gasteiger partial charge in [0.25, 0.3) is 0 Å². The van der Waals surface area contributed by atoms with Gasteiger partial charge in [-0.1, -0.05) is 12.1 Å². The standard InChI is InChI=1S/C9H9NO5/c1-5-3-2-4-6(8(11)12)7(5)15-10-9(13)14/h2-4,10H,1H3,(H,11,12)(H,13,14). The molecule has 0 unspecified atom stereocenters. The van der Waals surface area contributed by atoms with E-state index in [2.05, 4.69) is 4.84 Å². The lowest BCUT2D eigenvalue weighted by Gasteiger charge is -2.09. The summed E-state index contributed by atoms with van der Waals surface area (Å²) < 4.78 is 0. The van der Waals surface area contributed by atoms with E-state index in [1.807, 2.05) is 0 Å². The van der Waals surface area contributed by atoms with E-state index in [4.69, 9.17) is 10.2 Å². The Bertz CT molecular complexity index is 401. The molecule has 0 saturated carbocycles. The maximum atomic E-state index is 10.8. The Kier molecular flexibility index (Phi) is 3.12. The first-order valence-electron chi connectivity index (χ1n) is 4.01. The van der Waals surface area contributed by atoms with Gasteiger partial charge in [0.05, 0.1) is 0 Å². The molecule has 0 bridgehead atoms. The molecule has 1 rings (SSSR count). The molecule has 6 heteroatoms. The normalized spacial score (nSPS) is 9.40. The van der Waals surface area contributed by atoms with Gasteiger partial charge < -0.3 is 15.1 Å². The summed E-state index contributed by atoms with van der Waals surface area (Å²) in [5.74, 6) is -1.19. The Morgan fingerprint density at radius 2 is 2.00 bits per heavy atom. The summed E-state index contributed by atoms with van der Waals surface area (Å²) >= 11 is 0. The highest BCUT2D eigenvalue weighted by Crippen LogP contribution is 2.22. The fourth-order valence-electron chi connectivity index (χ4n) is 1.05. The number of nitrogens with one attached hydrogen (secondary N) is 1. The second-order valence-corrected chi connectivity index (χ2v) is 2.77. The van der Waals surface area contributed by atoms with Crippen molar-refractivity contribution in [1.29, 1.82) is 0 Å². The van der Waals surface area contributed by atoms with Crippen LogP contribution >= 0.6 is 0 Å². The van der Waals surface area contributed by atoms with Crippen molar-refractivity contribution in [1.82, 2.24) is 5.48 Å². The van der Waals surface area contributed by atoms with Crippen molar-refractivity contribution in [3.63, 3.8) is 0 Å². The zero-order valence-corrected chi connectivity index (χ0v) is 7.85. The monoisotopic (exact) mass is 211 g/mol. The molecule has 0 radical (unpaired) electrons. The topological polar surface area (TPSA) is 95.9 Å². The van der Waals surface area contributed by atoms with Gasteiger partial charge in [0.1, 0.15) is 5.56 Å². The molecule has 0 heterocycles. The molecule has 15 heavy (non-hydrogen) atoms. The highest BCUT2D eigenvalue weighted by atomic mass is 16.7. The average Bonchev–Trinajstić information content (AvgIpc) is 2.15. The van der Waals surface area contributed by atoms with Crippen LogP contribution in [0.3, 0.4) is 0 Å². The number of rotatable bonds is 3. The minimum atomic E-state index is -1.39. The molecule has 0 atom stereocenters. The highest BCUT2D eigenvalue weighted by molar-refractivity contribution is 5.91. The first-order valence-corrected chi connectivity index (χ1v) is 4.01. The zero-order valence-electron chi connectivity index (χ0n) is 7.85. The van der Waals surface area contributed by atoms with Crippen LogP contribution < -0.4 is 10.3 Å². The molecule has 0 saturated heterocycles. The first-order chi connectivity index (χ1) is 7.02. The van der Waals surface area contributed by atoms with Crippen LogP contribution in [0.2, 0.25) is 0 Å². The molecule has 0 aromatic heterocycles. The van der Waals surface area contributed by atoms with Crippen molar-refractivity contribution >= 4 is 12.1 Å². The summed E-state index contributed by atoms with van der Waals surface area (Å²) in [5.41, 5.74) is 2.09. The van der Waals surface area contributed by atoms with Gasteiger partial charge in [0.2, 0.25) is 0 Å². The van der Waals surface area contributed by atoms with Gasteiger partial charge in [-0.2, -0.15) is 5.48 Å². The Balaban J connectivity index is 3.02. The SMILES string of the molecule is Cc1cccc(C(=O)O)c1ONC(=O)O. The highest BCUT2D eigenvalue weighted by Gasteiger charge is 2.14. The van der Waals surface area contributed by atoms with Crippen molar-refractivity contribution in [2.75, 3.05) is 0 Å². The fraction of sp³-hybridized carbons (Fsp3) is 0.111. The molecule has 0 spiro atoms. The van der Waals surface area contributed by atoms with Gasteiger partial charge in [-0.05, 0) is 18.6 Å². The maximum Gasteiger partial charge on any atom is 0.438 e. The van der Waals surface area contributed by atoms with Gasteiger partial charge in [0.15, 0.2) is 5.75 Å². The van der Waals surface area contributed by atoms with Crippen LogP contribution in [0.5, 0.6) is 5.75 Å². The number of hydrogen-bond donors (Lipinski definition) is 3. The summed E-state index contributed by atoms with van der Waals surface area (Å²) in [7, 11) is 0. The van der Waals surface area contributed by atoms with Gasteiger partial charge in [0, 0.05) is 0 Å². The molecule has 0 aliphatic heterocycles. The number of carboxylic acid groups (broad SMARTS) is 2. The number of hydrogen-bond acceptors (Lipinski definition) is 3. The van der Waals surface area contributed by atoms with Crippen molar-refractivity contribution in [3.8, 4) is 5.75 Å². The van der Waals surface area contributed by atoms with Crippen LogP contribution in [0.25, 0.3) is 0 Å². The molecule has 1 aromatic rings. The van der Waals surface area contributed by atoms with Crippen molar-refractivity contribution < 1.29 is 24.6 Å². The summed E-state index contributed by atoms with van der Waals surface area (Å²) in [4.78, 5) is 25.6. The number of para-hydroxylation sites is 1. The lowest BCUT2D eigenvalue weighted by molar-refractivity contribution is 0.0685. The quantitative estimate of drug-likeness (QED) is 0.654. The molecule has 80 valence electrons. The minimum Gasteiger partial charge on any atom is -0.478 e. The van der Waals surface area contributed by atoms with E-state index >= 15 is 0 Å². The lowest BCUT2D eigenvalue weighted by atomic mass is 10.1. The third kappa shape index (κ3) is 2.60. The fourth-order valence-corrected chi connectivity index (χ4v) is 1.05. The van der Waals surface area contributed by atoms with Gasteiger partial charge in [-0.3, -0.25) is 0 Å². The number of benzene rings is 1. The van der Waals surface area contributed by atoms with E-state index in [0.717, 1.165) is 0 Å². The van der Waals surface area contributed by atoms with Gasteiger partial charge in [-0.15, -0.1) is 0 Å². The Hall–Kier alpha value is -2.24. The van der Waals surface area contributed by atoms with Crippen molar-refractivity contribution in [3.05, 3.63) is 29.3 Å². The van der Waals surface area contributed by atoms with Gasteiger partial charge >= 0.3 is 12.1 Å². The van der Waals surface area contributed by atoms with Crippen LogP contribution in [0.15, 0.2) is 18.2 Å². The number of amides is 1. The predicted octanol–water partition coefficient (Wildman–Crippen LogP) is 1.25. The maximum absolute atomic E-state index is 10.8. The number of aromatic carboxylic acids is 1. The summed E-state index contributed by atoms with van der Waals surface area (Å²) in [6.07, 6.45) is -1.39. The molecule has 0 aliphatic carbocycles. The predicted molar refractivity (Wildman–Crippen MR) is 49.9 cm³/mol. The van der Waals surface area contributed by atoms with Crippen molar-refractivity contribution in [2.45, 2.75) is 6.92 Å². The second kappa shape index (κ2) is 4.32. The van der Waals surface area contributed by atoms with Crippen LogP contribution in [-0.2, 0) is 0 Å². The number of carboxylic acids is 1. The Morgan fingerprint density at radius 3 is 2.53 bits per heavy atom. The number of carbonyl (C=O) groups is 2. The summed E-state index contributed by atoms with van der Waals surface area (Å²) in [6, 6.07) is 4.49. The molecule has 1 amide bonds. The van der Waals surface area contributed by atoms with E-state index in [-0.39, 0.29) is 11.3 Å². The summed E-state index contributed by atoms with van der Waals surface area (Å²) in [5, 5.41) is 17.1. The zero-order chi connectivity index (χ0) is 11.4. The smallest absolute Gasteiger partial charge is 0.438 e. The lowest BCUT2D eigenvalue weighted by Crippen LogP contribution is -2.26. The molecule has 6 nitrogen and oxygen atoms in total. The van der Waals surface area contributed by atoms with E-state index in [1.54, 1.807) is 24.5 Å². The molecule has 3 N–H and O–H groups in total. The molecular weight excluding hydrogens is 202 g/mol. The molecular formula is C9H9NO5. The first kappa shape index (κ1) is 10.8.